The third kappa shape index (κ3) is 2.71. The van der Waals surface area contributed by atoms with Crippen LogP contribution in [0.3, 0.4) is 0 Å². The van der Waals surface area contributed by atoms with Gasteiger partial charge in [-0.25, -0.2) is 0 Å². The third-order valence-corrected chi connectivity index (χ3v) is 3.53. The first-order chi connectivity index (χ1) is 9.13. The maximum Gasteiger partial charge on any atom is 0.240 e. The van der Waals surface area contributed by atoms with Crippen LogP contribution in [-0.4, -0.2) is 10.1 Å². The molecule has 102 valence electrons. The van der Waals surface area contributed by atoms with Crippen LogP contribution in [-0.2, 0) is 6.54 Å². The summed E-state index contributed by atoms with van der Waals surface area (Å²) in [6, 6.07) is 2.27. The Kier molecular flexibility index (Phi) is 3.14. The average molecular weight is 261 g/mol. The molecule has 2 heterocycles. The summed E-state index contributed by atoms with van der Waals surface area (Å²) in [5.74, 6) is 3.96. The van der Waals surface area contributed by atoms with Gasteiger partial charge in [0.25, 0.3) is 0 Å². The molecule has 19 heavy (non-hydrogen) atoms. The smallest absolute Gasteiger partial charge is 0.240 e. The van der Waals surface area contributed by atoms with Gasteiger partial charge in [-0.15, -0.1) is 0 Å². The summed E-state index contributed by atoms with van der Waals surface area (Å²) in [6.07, 6.45) is 2.38. The highest BCUT2D eigenvalue weighted by atomic mass is 16.5. The van der Waals surface area contributed by atoms with Crippen molar-refractivity contribution in [2.75, 3.05) is 0 Å². The number of nitrogens with zero attached hydrogens (tertiary/aromatic N) is 2. The first kappa shape index (κ1) is 12.4. The molecule has 1 N–H and O–H groups in total. The zero-order valence-electron chi connectivity index (χ0n) is 11.6. The van der Waals surface area contributed by atoms with Crippen LogP contribution in [0.2, 0.25) is 0 Å². The Bertz CT molecular complexity index is 569. The second kappa shape index (κ2) is 4.81. The lowest BCUT2D eigenvalue weighted by Gasteiger charge is -2.10. The van der Waals surface area contributed by atoms with Gasteiger partial charge in [-0.3, -0.25) is 0 Å². The highest BCUT2D eigenvalue weighted by Crippen LogP contribution is 2.38. The van der Waals surface area contributed by atoms with E-state index in [1.807, 2.05) is 13.8 Å². The van der Waals surface area contributed by atoms with Crippen molar-refractivity contribution in [1.29, 1.82) is 0 Å². The molecule has 0 bridgehead atoms. The van der Waals surface area contributed by atoms with Crippen LogP contribution in [0.1, 0.15) is 60.5 Å². The number of nitrogens with one attached hydrogen (secondary N) is 1. The quantitative estimate of drug-likeness (QED) is 0.896. The van der Waals surface area contributed by atoms with Gasteiger partial charge in [0.05, 0.1) is 6.54 Å². The van der Waals surface area contributed by atoms with Gasteiger partial charge in [0, 0.05) is 17.5 Å². The molecular weight excluding hydrogens is 242 g/mol. The summed E-state index contributed by atoms with van der Waals surface area (Å²) in [7, 11) is 0. The molecule has 1 aliphatic carbocycles. The first-order valence-corrected chi connectivity index (χ1v) is 6.76. The van der Waals surface area contributed by atoms with Crippen LogP contribution in [0.4, 0.5) is 0 Å². The maximum absolute atomic E-state index is 5.54. The molecule has 1 aliphatic rings. The predicted octanol–water partition coefficient (Wildman–Crippen LogP) is 3.01. The number of hydrogen-bond donors (Lipinski definition) is 1. The van der Waals surface area contributed by atoms with E-state index in [2.05, 4.69) is 28.4 Å². The van der Waals surface area contributed by atoms with Gasteiger partial charge in [-0.2, -0.15) is 4.98 Å². The highest BCUT2D eigenvalue weighted by Gasteiger charge is 2.28. The topological polar surface area (TPSA) is 64.1 Å². The summed E-state index contributed by atoms with van der Waals surface area (Å²) in [5.41, 5.74) is 1.18. The molecule has 0 aromatic carbocycles. The Hall–Kier alpha value is -1.62. The minimum atomic E-state index is 0.203. The summed E-state index contributed by atoms with van der Waals surface area (Å²) in [5, 5.41) is 7.39. The molecule has 3 rings (SSSR count). The molecule has 1 atom stereocenters. The van der Waals surface area contributed by atoms with Crippen molar-refractivity contribution in [3.05, 3.63) is 34.9 Å². The monoisotopic (exact) mass is 261 g/mol. The van der Waals surface area contributed by atoms with Crippen LogP contribution >= 0.6 is 0 Å². The molecule has 0 saturated heterocycles. The molecule has 0 aliphatic heterocycles. The van der Waals surface area contributed by atoms with Gasteiger partial charge in [-0.1, -0.05) is 5.16 Å². The molecule has 1 fully saturated rings. The number of aromatic nitrogens is 2. The molecule has 0 unspecified atom stereocenters. The second-order valence-electron chi connectivity index (χ2n) is 5.29. The molecule has 2 aromatic rings. The molecule has 1 saturated carbocycles. The van der Waals surface area contributed by atoms with E-state index in [1.165, 1.54) is 18.4 Å². The van der Waals surface area contributed by atoms with Crippen molar-refractivity contribution in [3.63, 3.8) is 0 Å². The van der Waals surface area contributed by atoms with E-state index in [0.717, 1.165) is 17.3 Å². The lowest BCUT2D eigenvalue weighted by atomic mass is 10.1. The molecule has 2 aromatic heterocycles. The van der Waals surface area contributed by atoms with Gasteiger partial charge >= 0.3 is 0 Å². The normalized spacial score (nSPS) is 16.8. The molecule has 0 radical (unpaired) electrons. The Labute approximate surface area is 112 Å². The summed E-state index contributed by atoms with van der Waals surface area (Å²) >= 11 is 0. The van der Waals surface area contributed by atoms with Crippen LogP contribution in [0.25, 0.3) is 0 Å². The largest absolute Gasteiger partial charge is 0.466 e. The summed E-state index contributed by atoms with van der Waals surface area (Å²) < 4.78 is 10.8. The Morgan fingerprint density at radius 2 is 2.21 bits per heavy atom. The second-order valence-corrected chi connectivity index (χ2v) is 5.29. The number of furan rings is 1. The third-order valence-electron chi connectivity index (χ3n) is 3.53. The zero-order valence-corrected chi connectivity index (χ0v) is 11.6. The Morgan fingerprint density at radius 1 is 1.42 bits per heavy atom. The minimum Gasteiger partial charge on any atom is -0.466 e. The van der Waals surface area contributed by atoms with Crippen LogP contribution < -0.4 is 5.32 Å². The van der Waals surface area contributed by atoms with E-state index >= 15 is 0 Å². The fraction of sp³-hybridized carbons (Fsp3) is 0.571. The minimum absolute atomic E-state index is 0.203. The van der Waals surface area contributed by atoms with Gasteiger partial charge in [0.2, 0.25) is 5.89 Å². The maximum atomic E-state index is 5.54. The van der Waals surface area contributed by atoms with E-state index in [0.29, 0.717) is 18.4 Å². The van der Waals surface area contributed by atoms with Gasteiger partial charge in [0.1, 0.15) is 11.5 Å². The van der Waals surface area contributed by atoms with E-state index in [4.69, 9.17) is 8.94 Å². The SMILES string of the molecule is Cc1cc([C@@H](C)NCc2nc(C3CC3)no2)c(C)o1. The number of rotatable bonds is 5. The highest BCUT2D eigenvalue weighted by molar-refractivity contribution is 5.23. The van der Waals surface area contributed by atoms with Crippen LogP contribution in [0.5, 0.6) is 0 Å². The molecule has 0 amide bonds. The number of hydrogen-bond acceptors (Lipinski definition) is 5. The number of aryl methyl sites for hydroxylation is 2. The molecule has 0 spiro atoms. The molecule has 5 nitrogen and oxygen atoms in total. The Morgan fingerprint density at radius 3 is 2.84 bits per heavy atom. The van der Waals surface area contributed by atoms with Gasteiger partial charge in [0.15, 0.2) is 5.82 Å². The Balaban J connectivity index is 1.60. The zero-order chi connectivity index (χ0) is 13.4. The van der Waals surface area contributed by atoms with Gasteiger partial charge < -0.3 is 14.3 Å². The van der Waals surface area contributed by atoms with Crippen molar-refractivity contribution in [1.82, 2.24) is 15.5 Å². The first-order valence-electron chi connectivity index (χ1n) is 6.76. The average Bonchev–Trinajstić information content (AvgIpc) is 3.02. The van der Waals surface area contributed by atoms with Crippen molar-refractivity contribution < 1.29 is 8.94 Å². The van der Waals surface area contributed by atoms with Crippen LogP contribution in [0, 0.1) is 13.8 Å². The fourth-order valence-corrected chi connectivity index (χ4v) is 2.28. The van der Waals surface area contributed by atoms with E-state index in [1.54, 1.807) is 0 Å². The van der Waals surface area contributed by atoms with Crippen molar-refractivity contribution >= 4 is 0 Å². The van der Waals surface area contributed by atoms with Crippen molar-refractivity contribution in [3.8, 4) is 0 Å². The fourth-order valence-electron chi connectivity index (χ4n) is 2.28. The molecule has 5 heteroatoms. The standard InChI is InChI=1S/C14H19N3O2/c1-8-6-12(10(3)18-8)9(2)15-7-13-16-14(17-19-13)11-4-5-11/h6,9,11,15H,4-5,7H2,1-3H3/t9-/m1/s1. The van der Waals surface area contributed by atoms with Crippen molar-refractivity contribution in [2.45, 2.75) is 52.1 Å². The van der Waals surface area contributed by atoms with E-state index in [9.17, 15) is 0 Å². The lowest BCUT2D eigenvalue weighted by molar-refractivity contribution is 0.355. The lowest BCUT2D eigenvalue weighted by Crippen LogP contribution is -2.18. The van der Waals surface area contributed by atoms with Crippen molar-refractivity contribution in [2.24, 2.45) is 0 Å². The summed E-state index contributed by atoms with van der Waals surface area (Å²) in [4.78, 5) is 4.40. The summed E-state index contributed by atoms with van der Waals surface area (Å²) in [6.45, 7) is 6.64. The predicted molar refractivity (Wildman–Crippen MR) is 69.7 cm³/mol. The van der Waals surface area contributed by atoms with E-state index < -0.39 is 0 Å². The molecular formula is C14H19N3O2. The van der Waals surface area contributed by atoms with Crippen LogP contribution in [0.15, 0.2) is 15.0 Å². The van der Waals surface area contributed by atoms with E-state index in [-0.39, 0.29) is 6.04 Å². The van der Waals surface area contributed by atoms with Gasteiger partial charge in [-0.05, 0) is 39.7 Å².